The molecule has 4 nitrogen and oxygen atoms in total. The van der Waals surface area contributed by atoms with E-state index >= 15 is 0 Å². The molecular weight excluding hydrogens is 146 g/mol. The second-order valence-electron chi connectivity index (χ2n) is 2.95. The molecule has 4 heteroatoms. The third-order valence-corrected chi connectivity index (χ3v) is 2.24. The minimum absolute atomic E-state index is 0.0813. The highest BCUT2D eigenvalue weighted by Gasteiger charge is 2.39. The van der Waals surface area contributed by atoms with Crippen molar-refractivity contribution < 1.29 is 15.3 Å². The van der Waals surface area contributed by atoms with Crippen molar-refractivity contribution in [3.05, 3.63) is 0 Å². The van der Waals surface area contributed by atoms with Gasteiger partial charge in [-0.15, -0.1) is 0 Å². The Kier molecular flexibility index (Phi) is 2.84. The van der Waals surface area contributed by atoms with Crippen LogP contribution in [0.2, 0.25) is 0 Å². The van der Waals surface area contributed by atoms with Gasteiger partial charge in [-0.2, -0.15) is 0 Å². The van der Waals surface area contributed by atoms with Crippen LogP contribution < -0.4 is 5.32 Å². The quantitative estimate of drug-likeness (QED) is 0.396. The molecule has 0 radical (unpaired) electrons. The number of hydrogen-bond donors (Lipinski definition) is 4. The average molecular weight is 161 g/mol. The lowest BCUT2D eigenvalue weighted by Gasteiger charge is -2.12. The van der Waals surface area contributed by atoms with Crippen LogP contribution in [0, 0.1) is 0 Å². The summed E-state index contributed by atoms with van der Waals surface area (Å²) in [5.41, 5.74) is 0. The summed E-state index contributed by atoms with van der Waals surface area (Å²) >= 11 is 0. The highest BCUT2D eigenvalue weighted by Crippen LogP contribution is 2.15. The van der Waals surface area contributed by atoms with Gasteiger partial charge in [0, 0.05) is 6.04 Å². The molecule has 1 heterocycles. The zero-order valence-electron chi connectivity index (χ0n) is 6.57. The number of nitrogens with one attached hydrogen (secondary N) is 1. The van der Waals surface area contributed by atoms with E-state index in [0.29, 0.717) is 0 Å². The fraction of sp³-hybridized carbons (Fsp3) is 1.00. The van der Waals surface area contributed by atoms with Gasteiger partial charge >= 0.3 is 0 Å². The van der Waals surface area contributed by atoms with E-state index in [2.05, 4.69) is 5.32 Å². The van der Waals surface area contributed by atoms with Crippen molar-refractivity contribution in [3.8, 4) is 0 Å². The molecule has 1 fully saturated rings. The first kappa shape index (κ1) is 8.93. The van der Waals surface area contributed by atoms with E-state index in [1.165, 1.54) is 0 Å². The van der Waals surface area contributed by atoms with Gasteiger partial charge in [-0.3, -0.25) is 0 Å². The van der Waals surface area contributed by atoms with E-state index in [9.17, 15) is 10.2 Å². The van der Waals surface area contributed by atoms with Crippen LogP contribution in [0.3, 0.4) is 0 Å². The normalized spacial score (nSPS) is 44.7. The van der Waals surface area contributed by atoms with Crippen LogP contribution >= 0.6 is 0 Å². The molecule has 1 aliphatic rings. The number of aliphatic hydroxyl groups is 3. The van der Waals surface area contributed by atoms with Gasteiger partial charge in [0.2, 0.25) is 0 Å². The maximum Gasteiger partial charge on any atom is 0.0989 e. The van der Waals surface area contributed by atoms with Gasteiger partial charge in [-0.1, -0.05) is 6.92 Å². The average Bonchev–Trinajstić information content (AvgIpc) is 2.30. The predicted octanol–water partition coefficient (Wildman–Crippen LogP) is -1.55. The molecule has 66 valence electrons. The Morgan fingerprint density at radius 1 is 1.18 bits per heavy atom. The summed E-state index contributed by atoms with van der Waals surface area (Å²) in [5, 5.41) is 30.3. The van der Waals surface area contributed by atoms with E-state index in [4.69, 9.17) is 5.11 Å². The summed E-state index contributed by atoms with van der Waals surface area (Å²) in [4.78, 5) is 0. The van der Waals surface area contributed by atoms with Crippen molar-refractivity contribution in [2.75, 3.05) is 6.61 Å². The highest BCUT2D eigenvalue weighted by atomic mass is 16.3. The monoisotopic (exact) mass is 161 g/mol. The van der Waals surface area contributed by atoms with Crippen LogP contribution in [0.15, 0.2) is 0 Å². The van der Waals surface area contributed by atoms with E-state index in [1.807, 2.05) is 6.92 Å². The van der Waals surface area contributed by atoms with Crippen LogP contribution in [0.5, 0.6) is 0 Å². The molecule has 0 saturated carbocycles. The Labute approximate surface area is 65.9 Å². The molecule has 0 amide bonds. The van der Waals surface area contributed by atoms with Crippen LogP contribution in [0.1, 0.15) is 13.3 Å². The molecular formula is C7H15NO3. The summed E-state index contributed by atoms with van der Waals surface area (Å²) < 4.78 is 0. The molecule has 0 bridgehead atoms. The van der Waals surface area contributed by atoms with E-state index < -0.39 is 12.2 Å². The molecule has 0 aromatic heterocycles. The predicted molar refractivity (Wildman–Crippen MR) is 40.1 cm³/mol. The van der Waals surface area contributed by atoms with Gasteiger partial charge in [0.25, 0.3) is 0 Å². The van der Waals surface area contributed by atoms with Gasteiger partial charge in [-0.25, -0.2) is 0 Å². The number of aliphatic hydroxyl groups excluding tert-OH is 3. The smallest absolute Gasteiger partial charge is 0.0989 e. The Balaban J connectivity index is 2.53. The van der Waals surface area contributed by atoms with Crippen LogP contribution in [-0.4, -0.2) is 46.2 Å². The standard InChI is InChI=1S/C7H15NO3/c1-2-4-6(10)7(11)5(3-9)8-4/h4-11H,2-3H2,1H3/t4-,5+,6-,7-/m1/s1. The van der Waals surface area contributed by atoms with Crippen molar-refractivity contribution in [2.24, 2.45) is 0 Å². The van der Waals surface area contributed by atoms with Crippen molar-refractivity contribution in [2.45, 2.75) is 37.6 Å². The zero-order valence-corrected chi connectivity index (χ0v) is 6.57. The fourth-order valence-electron chi connectivity index (χ4n) is 1.47. The molecule has 0 spiro atoms. The van der Waals surface area contributed by atoms with Gasteiger partial charge in [0.15, 0.2) is 0 Å². The number of hydrogen-bond acceptors (Lipinski definition) is 4. The van der Waals surface area contributed by atoms with Gasteiger partial charge in [0.05, 0.1) is 24.9 Å². The Hall–Kier alpha value is -0.160. The molecule has 1 saturated heterocycles. The fourth-order valence-corrected chi connectivity index (χ4v) is 1.47. The number of rotatable bonds is 2. The zero-order chi connectivity index (χ0) is 8.43. The molecule has 0 aromatic carbocycles. The third kappa shape index (κ3) is 1.54. The Morgan fingerprint density at radius 3 is 2.00 bits per heavy atom. The first-order valence-electron chi connectivity index (χ1n) is 3.93. The molecule has 0 aromatic rings. The first-order valence-corrected chi connectivity index (χ1v) is 3.93. The van der Waals surface area contributed by atoms with Crippen LogP contribution in [-0.2, 0) is 0 Å². The van der Waals surface area contributed by atoms with Gasteiger partial charge in [-0.05, 0) is 6.42 Å². The second kappa shape index (κ2) is 3.49. The van der Waals surface area contributed by atoms with Crippen molar-refractivity contribution >= 4 is 0 Å². The van der Waals surface area contributed by atoms with E-state index in [-0.39, 0.29) is 18.7 Å². The molecule has 0 unspecified atom stereocenters. The SMILES string of the molecule is CC[C@H]1N[C@@H](CO)[C@@H](O)[C@@H]1O. The summed E-state index contributed by atoms with van der Waals surface area (Å²) in [7, 11) is 0. The lowest BCUT2D eigenvalue weighted by molar-refractivity contribution is 0.0193. The lowest BCUT2D eigenvalue weighted by Crippen LogP contribution is -2.36. The first-order chi connectivity index (χ1) is 5.20. The largest absolute Gasteiger partial charge is 0.395 e. The minimum Gasteiger partial charge on any atom is -0.395 e. The molecule has 4 N–H and O–H groups in total. The van der Waals surface area contributed by atoms with E-state index in [1.54, 1.807) is 0 Å². The summed E-state index contributed by atoms with van der Waals surface area (Å²) in [6.45, 7) is 1.79. The highest BCUT2D eigenvalue weighted by molar-refractivity contribution is 4.96. The molecule has 11 heavy (non-hydrogen) atoms. The minimum atomic E-state index is -0.829. The Morgan fingerprint density at radius 2 is 1.73 bits per heavy atom. The van der Waals surface area contributed by atoms with Gasteiger partial charge < -0.3 is 20.6 Å². The van der Waals surface area contributed by atoms with Crippen LogP contribution in [0.4, 0.5) is 0 Å². The summed E-state index contributed by atoms with van der Waals surface area (Å²) in [5.74, 6) is 0. The molecule has 1 rings (SSSR count). The second-order valence-corrected chi connectivity index (χ2v) is 2.95. The van der Waals surface area contributed by atoms with Crippen molar-refractivity contribution in [3.63, 3.8) is 0 Å². The summed E-state index contributed by atoms with van der Waals surface area (Å²) in [6.07, 6.45) is -0.809. The molecule has 1 aliphatic heterocycles. The van der Waals surface area contributed by atoms with Gasteiger partial charge in [0.1, 0.15) is 0 Å². The maximum absolute atomic E-state index is 9.34. The summed E-state index contributed by atoms with van der Waals surface area (Å²) in [6, 6.07) is -0.447. The molecule has 4 atom stereocenters. The maximum atomic E-state index is 9.34. The third-order valence-electron chi connectivity index (χ3n) is 2.24. The lowest BCUT2D eigenvalue weighted by atomic mass is 10.1. The van der Waals surface area contributed by atoms with Crippen LogP contribution in [0.25, 0.3) is 0 Å². The van der Waals surface area contributed by atoms with E-state index in [0.717, 1.165) is 6.42 Å². The molecule has 0 aliphatic carbocycles. The topological polar surface area (TPSA) is 72.7 Å². The Bertz CT molecular complexity index is 113. The van der Waals surface area contributed by atoms with Crippen molar-refractivity contribution in [1.82, 2.24) is 5.32 Å². The van der Waals surface area contributed by atoms with Crippen molar-refractivity contribution in [1.29, 1.82) is 0 Å².